The largest absolute Gasteiger partial charge is 0.390 e. The second-order valence-electron chi connectivity index (χ2n) is 5.15. The summed E-state index contributed by atoms with van der Waals surface area (Å²) in [4.78, 5) is 14.1. The van der Waals surface area contributed by atoms with Gasteiger partial charge in [0.25, 0.3) is 5.91 Å². The molecule has 1 aliphatic heterocycles. The normalized spacial score (nSPS) is 24.7. The fourth-order valence-corrected chi connectivity index (χ4v) is 2.37. The van der Waals surface area contributed by atoms with Crippen LogP contribution in [-0.2, 0) is 0 Å². The minimum Gasteiger partial charge on any atom is -0.390 e. The number of carbonyl (C=O) groups is 1. The van der Waals surface area contributed by atoms with E-state index in [0.717, 1.165) is 12.8 Å². The van der Waals surface area contributed by atoms with Crippen LogP contribution in [0.3, 0.4) is 0 Å². The standard InChI is InChI=1S/C14H18ClNO2/c1-14(18)7-2-9-16(10-8-14)13(17)11-3-5-12(15)6-4-11/h3-6,18H,2,7-10H2,1H3. The number of amides is 1. The van der Waals surface area contributed by atoms with Crippen molar-refractivity contribution in [1.29, 1.82) is 0 Å². The lowest BCUT2D eigenvalue weighted by Crippen LogP contribution is -2.33. The molecule has 1 saturated heterocycles. The van der Waals surface area contributed by atoms with E-state index in [4.69, 9.17) is 11.6 Å². The Kier molecular flexibility index (Phi) is 3.93. The van der Waals surface area contributed by atoms with Crippen LogP contribution in [0.15, 0.2) is 24.3 Å². The lowest BCUT2D eigenvalue weighted by atomic mass is 9.98. The molecule has 1 fully saturated rings. The molecule has 0 aliphatic carbocycles. The Morgan fingerprint density at radius 3 is 2.61 bits per heavy atom. The molecule has 3 nitrogen and oxygen atoms in total. The summed E-state index contributed by atoms with van der Waals surface area (Å²) in [6, 6.07) is 6.94. The molecule has 2 rings (SSSR count). The summed E-state index contributed by atoms with van der Waals surface area (Å²) in [5.41, 5.74) is 0.00983. The lowest BCUT2D eigenvalue weighted by Gasteiger charge is -2.22. The number of benzene rings is 1. The fraction of sp³-hybridized carbons (Fsp3) is 0.500. The van der Waals surface area contributed by atoms with Gasteiger partial charge in [-0.1, -0.05) is 11.6 Å². The van der Waals surface area contributed by atoms with Crippen LogP contribution < -0.4 is 0 Å². The number of carbonyl (C=O) groups excluding carboxylic acids is 1. The summed E-state index contributed by atoms with van der Waals surface area (Å²) < 4.78 is 0. The van der Waals surface area contributed by atoms with Gasteiger partial charge in [-0.15, -0.1) is 0 Å². The minimum atomic E-state index is -0.644. The van der Waals surface area contributed by atoms with Crippen LogP contribution in [0, 0.1) is 0 Å². The van der Waals surface area contributed by atoms with Gasteiger partial charge in [0.1, 0.15) is 0 Å². The number of hydrogen-bond donors (Lipinski definition) is 1. The molecule has 1 atom stereocenters. The van der Waals surface area contributed by atoms with Crippen LogP contribution in [0.25, 0.3) is 0 Å². The summed E-state index contributed by atoms with van der Waals surface area (Å²) in [6.07, 6.45) is 2.22. The second kappa shape index (κ2) is 5.29. The molecule has 0 spiro atoms. The van der Waals surface area contributed by atoms with Crippen molar-refractivity contribution in [1.82, 2.24) is 4.90 Å². The smallest absolute Gasteiger partial charge is 0.253 e. The Labute approximate surface area is 112 Å². The van der Waals surface area contributed by atoms with Gasteiger partial charge in [0, 0.05) is 23.7 Å². The summed E-state index contributed by atoms with van der Waals surface area (Å²) in [7, 11) is 0. The number of likely N-dealkylation sites (tertiary alicyclic amines) is 1. The average Bonchev–Trinajstić information content (AvgIpc) is 2.50. The van der Waals surface area contributed by atoms with Gasteiger partial charge in [-0.2, -0.15) is 0 Å². The number of hydrogen-bond acceptors (Lipinski definition) is 2. The van der Waals surface area contributed by atoms with Crippen LogP contribution in [0.2, 0.25) is 5.02 Å². The van der Waals surface area contributed by atoms with Crippen molar-refractivity contribution in [2.45, 2.75) is 31.8 Å². The number of nitrogens with zero attached hydrogens (tertiary/aromatic N) is 1. The van der Waals surface area contributed by atoms with Gasteiger partial charge in [-0.25, -0.2) is 0 Å². The summed E-state index contributed by atoms with van der Waals surface area (Å²) in [6.45, 7) is 3.15. The highest BCUT2D eigenvalue weighted by Gasteiger charge is 2.27. The van der Waals surface area contributed by atoms with E-state index in [1.807, 2.05) is 11.8 Å². The second-order valence-corrected chi connectivity index (χ2v) is 5.59. The van der Waals surface area contributed by atoms with E-state index in [0.29, 0.717) is 30.1 Å². The van der Waals surface area contributed by atoms with Crippen molar-refractivity contribution >= 4 is 17.5 Å². The third-order valence-electron chi connectivity index (χ3n) is 3.44. The van der Waals surface area contributed by atoms with Crippen molar-refractivity contribution in [3.63, 3.8) is 0 Å². The summed E-state index contributed by atoms with van der Waals surface area (Å²) >= 11 is 5.81. The van der Waals surface area contributed by atoms with E-state index >= 15 is 0 Å². The number of aliphatic hydroxyl groups is 1. The maximum Gasteiger partial charge on any atom is 0.253 e. The number of halogens is 1. The van der Waals surface area contributed by atoms with Crippen molar-refractivity contribution in [2.75, 3.05) is 13.1 Å². The molecule has 1 unspecified atom stereocenters. The van der Waals surface area contributed by atoms with Gasteiger partial charge in [-0.05, 0) is 50.5 Å². The van der Waals surface area contributed by atoms with Crippen LogP contribution in [0.4, 0.5) is 0 Å². The zero-order valence-electron chi connectivity index (χ0n) is 10.5. The predicted octanol–water partition coefficient (Wildman–Crippen LogP) is 2.72. The van der Waals surface area contributed by atoms with Crippen LogP contribution in [-0.4, -0.2) is 34.6 Å². The molecule has 18 heavy (non-hydrogen) atoms. The van der Waals surface area contributed by atoms with E-state index < -0.39 is 5.60 Å². The maximum absolute atomic E-state index is 12.3. The molecule has 1 N–H and O–H groups in total. The van der Waals surface area contributed by atoms with Gasteiger partial charge in [0.15, 0.2) is 0 Å². The van der Waals surface area contributed by atoms with E-state index in [2.05, 4.69) is 0 Å². The van der Waals surface area contributed by atoms with E-state index in [1.54, 1.807) is 24.3 Å². The van der Waals surface area contributed by atoms with Gasteiger partial charge in [0.05, 0.1) is 5.60 Å². The zero-order chi connectivity index (χ0) is 13.2. The quantitative estimate of drug-likeness (QED) is 0.850. The fourth-order valence-electron chi connectivity index (χ4n) is 2.24. The molecular formula is C14H18ClNO2. The van der Waals surface area contributed by atoms with Crippen LogP contribution in [0.1, 0.15) is 36.5 Å². The molecule has 0 saturated carbocycles. The predicted molar refractivity (Wildman–Crippen MR) is 71.8 cm³/mol. The first-order chi connectivity index (χ1) is 8.48. The molecule has 0 bridgehead atoms. The Hall–Kier alpha value is -1.06. The van der Waals surface area contributed by atoms with Crippen LogP contribution >= 0.6 is 11.6 Å². The van der Waals surface area contributed by atoms with E-state index in [1.165, 1.54) is 0 Å². The van der Waals surface area contributed by atoms with Gasteiger partial charge < -0.3 is 10.0 Å². The number of rotatable bonds is 1. The molecular weight excluding hydrogens is 250 g/mol. The molecule has 0 radical (unpaired) electrons. The Bertz CT molecular complexity index is 428. The Morgan fingerprint density at radius 1 is 1.28 bits per heavy atom. The average molecular weight is 268 g/mol. The first-order valence-electron chi connectivity index (χ1n) is 6.25. The zero-order valence-corrected chi connectivity index (χ0v) is 11.3. The van der Waals surface area contributed by atoms with Crippen molar-refractivity contribution in [2.24, 2.45) is 0 Å². The molecule has 4 heteroatoms. The summed E-state index contributed by atoms with van der Waals surface area (Å²) in [5.74, 6) is 0.0179. The molecule has 98 valence electrons. The minimum absolute atomic E-state index is 0.0179. The van der Waals surface area contributed by atoms with Crippen molar-refractivity contribution in [3.8, 4) is 0 Å². The monoisotopic (exact) mass is 267 g/mol. The van der Waals surface area contributed by atoms with Crippen LogP contribution in [0.5, 0.6) is 0 Å². The SMILES string of the molecule is CC1(O)CCCN(C(=O)c2ccc(Cl)cc2)CC1. The van der Waals surface area contributed by atoms with Gasteiger partial charge >= 0.3 is 0 Å². The van der Waals surface area contributed by atoms with Gasteiger partial charge in [-0.3, -0.25) is 4.79 Å². The molecule has 1 aromatic rings. The molecule has 0 aromatic heterocycles. The first-order valence-corrected chi connectivity index (χ1v) is 6.63. The third kappa shape index (κ3) is 3.24. The van der Waals surface area contributed by atoms with Crippen molar-refractivity contribution in [3.05, 3.63) is 34.9 Å². The Morgan fingerprint density at radius 2 is 1.94 bits per heavy atom. The summed E-state index contributed by atoms with van der Waals surface area (Å²) in [5, 5.41) is 10.6. The topological polar surface area (TPSA) is 40.5 Å². The first kappa shape index (κ1) is 13.4. The molecule has 1 heterocycles. The van der Waals surface area contributed by atoms with E-state index in [9.17, 15) is 9.90 Å². The van der Waals surface area contributed by atoms with E-state index in [-0.39, 0.29) is 5.91 Å². The highest BCUT2D eigenvalue weighted by Crippen LogP contribution is 2.22. The van der Waals surface area contributed by atoms with Crippen molar-refractivity contribution < 1.29 is 9.90 Å². The maximum atomic E-state index is 12.3. The highest BCUT2D eigenvalue weighted by atomic mass is 35.5. The molecule has 1 aromatic carbocycles. The Balaban J connectivity index is 2.07. The molecule has 1 amide bonds. The van der Waals surface area contributed by atoms with Gasteiger partial charge in [0.2, 0.25) is 0 Å². The molecule has 1 aliphatic rings. The highest BCUT2D eigenvalue weighted by molar-refractivity contribution is 6.30. The lowest BCUT2D eigenvalue weighted by molar-refractivity contribution is 0.0438. The third-order valence-corrected chi connectivity index (χ3v) is 3.69.